The SMILES string of the molecule is C[C@H](O)C(=O)[O-].C[C@H](O)C(=O)[O-].[Cu+2]. The maximum Gasteiger partial charge on any atom is 2.00 e. The first-order valence-electron chi connectivity index (χ1n) is 3.06. The van der Waals surface area contributed by atoms with Crippen LogP contribution in [0.15, 0.2) is 0 Å². The average Bonchev–Trinajstić information content (AvgIpc) is 1.88. The van der Waals surface area contributed by atoms with E-state index in [1.807, 2.05) is 0 Å². The molecular formula is C6H10CuO6. The molecule has 2 atom stereocenters. The van der Waals surface area contributed by atoms with Gasteiger partial charge in [-0.15, -0.1) is 0 Å². The summed E-state index contributed by atoms with van der Waals surface area (Å²) < 4.78 is 0. The van der Waals surface area contributed by atoms with Crippen molar-refractivity contribution in [2.24, 2.45) is 0 Å². The largest absolute Gasteiger partial charge is 2.00 e. The summed E-state index contributed by atoms with van der Waals surface area (Å²) in [4.78, 5) is 18.7. The fourth-order valence-corrected chi connectivity index (χ4v) is 0. The second kappa shape index (κ2) is 9.47. The molecule has 2 N–H and O–H groups in total. The minimum absolute atomic E-state index is 0. The molecule has 6 nitrogen and oxygen atoms in total. The van der Waals surface area contributed by atoms with E-state index >= 15 is 0 Å². The summed E-state index contributed by atoms with van der Waals surface area (Å²) in [5, 5.41) is 34.6. The number of carbonyl (C=O) groups is 2. The molecule has 0 saturated heterocycles. The quantitative estimate of drug-likeness (QED) is 0.479. The van der Waals surface area contributed by atoms with Gasteiger partial charge in [-0.05, 0) is 13.8 Å². The van der Waals surface area contributed by atoms with Gasteiger partial charge in [-0.25, -0.2) is 0 Å². The van der Waals surface area contributed by atoms with Gasteiger partial charge in [0.15, 0.2) is 0 Å². The van der Waals surface area contributed by atoms with Gasteiger partial charge in [0, 0.05) is 0 Å². The van der Waals surface area contributed by atoms with Crippen LogP contribution in [0.3, 0.4) is 0 Å². The van der Waals surface area contributed by atoms with Crippen molar-refractivity contribution in [2.45, 2.75) is 26.1 Å². The molecule has 0 spiro atoms. The standard InChI is InChI=1S/2C3H6O3.Cu/c2*1-2(4)3(5)6;/h2*2,4H,1H3,(H,5,6);/q;;+2/p-2/t2*2-;/m00./s1. The predicted molar refractivity (Wildman–Crippen MR) is 33.4 cm³/mol. The zero-order valence-corrected chi connectivity index (χ0v) is 7.93. The molecule has 81 valence electrons. The monoisotopic (exact) mass is 241 g/mol. The Bertz CT molecular complexity index is 137. The number of carbonyl (C=O) groups excluding carboxylic acids is 2. The van der Waals surface area contributed by atoms with Gasteiger partial charge < -0.3 is 30.0 Å². The summed E-state index contributed by atoms with van der Waals surface area (Å²) in [6, 6.07) is 0. The maximum atomic E-state index is 9.34. The van der Waals surface area contributed by atoms with Crippen LogP contribution in [0.2, 0.25) is 0 Å². The third-order valence-electron chi connectivity index (χ3n) is 0.682. The van der Waals surface area contributed by atoms with E-state index in [1.165, 1.54) is 0 Å². The zero-order chi connectivity index (χ0) is 10.3. The third-order valence-corrected chi connectivity index (χ3v) is 0.682. The van der Waals surface area contributed by atoms with Crippen LogP contribution in [0, 0.1) is 0 Å². The number of carboxylic acids is 2. The molecule has 0 amide bonds. The van der Waals surface area contributed by atoms with E-state index in [-0.39, 0.29) is 17.1 Å². The Morgan fingerprint density at radius 3 is 1.08 bits per heavy atom. The van der Waals surface area contributed by atoms with Crippen LogP contribution in [0.25, 0.3) is 0 Å². The molecule has 1 radical (unpaired) electrons. The summed E-state index contributed by atoms with van der Waals surface area (Å²) in [6.45, 7) is 2.27. The average molecular weight is 242 g/mol. The molecule has 0 aliphatic rings. The van der Waals surface area contributed by atoms with E-state index in [1.54, 1.807) is 0 Å². The number of aliphatic hydroxyl groups excluding tert-OH is 2. The molecule has 0 bridgehead atoms. The molecule has 0 heterocycles. The maximum absolute atomic E-state index is 9.34. The molecule has 0 aromatic carbocycles. The van der Waals surface area contributed by atoms with Crippen molar-refractivity contribution in [3.05, 3.63) is 0 Å². The van der Waals surface area contributed by atoms with E-state index in [0.717, 1.165) is 13.8 Å². The summed E-state index contributed by atoms with van der Waals surface area (Å²) >= 11 is 0. The molecule has 0 aromatic heterocycles. The van der Waals surface area contributed by atoms with Gasteiger partial charge >= 0.3 is 17.1 Å². The number of carboxylic acid groups (broad SMARTS) is 2. The zero-order valence-electron chi connectivity index (χ0n) is 6.98. The van der Waals surface area contributed by atoms with Gasteiger partial charge in [-0.3, -0.25) is 0 Å². The van der Waals surface area contributed by atoms with Crippen molar-refractivity contribution in [1.29, 1.82) is 0 Å². The van der Waals surface area contributed by atoms with Crippen molar-refractivity contribution >= 4 is 11.9 Å². The summed E-state index contributed by atoms with van der Waals surface area (Å²) in [7, 11) is 0. The normalized spacial score (nSPS) is 12.6. The van der Waals surface area contributed by atoms with Gasteiger partial charge in [0.25, 0.3) is 0 Å². The van der Waals surface area contributed by atoms with Crippen molar-refractivity contribution in [1.82, 2.24) is 0 Å². The number of aliphatic carboxylic acids is 2. The fourth-order valence-electron chi connectivity index (χ4n) is 0. The van der Waals surface area contributed by atoms with Crippen molar-refractivity contribution < 1.29 is 47.1 Å². The Hall–Kier alpha value is -0.621. The number of hydrogen-bond acceptors (Lipinski definition) is 6. The summed E-state index contributed by atoms with van der Waals surface area (Å²) in [6.07, 6.45) is -2.69. The van der Waals surface area contributed by atoms with E-state index in [4.69, 9.17) is 10.2 Å². The third kappa shape index (κ3) is 18.4. The van der Waals surface area contributed by atoms with E-state index in [0.29, 0.717) is 0 Å². The molecule has 0 fully saturated rings. The van der Waals surface area contributed by atoms with Gasteiger partial charge in [0.2, 0.25) is 0 Å². The first-order chi connectivity index (χ1) is 5.29. The minimum Gasteiger partial charge on any atom is -0.547 e. The van der Waals surface area contributed by atoms with Crippen molar-refractivity contribution in [3.8, 4) is 0 Å². The predicted octanol–water partition coefficient (Wildman–Crippen LogP) is -3.77. The molecule has 0 saturated carbocycles. The van der Waals surface area contributed by atoms with Gasteiger partial charge in [0.05, 0.1) is 24.1 Å². The Labute approximate surface area is 85.7 Å². The smallest absolute Gasteiger partial charge is 0.547 e. The summed E-state index contributed by atoms with van der Waals surface area (Å²) in [5.74, 6) is -2.87. The van der Waals surface area contributed by atoms with Crippen molar-refractivity contribution in [2.75, 3.05) is 0 Å². The van der Waals surface area contributed by atoms with Crippen molar-refractivity contribution in [3.63, 3.8) is 0 Å². The Balaban J connectivity index is -0.000000143. The number of aliphatic hydroxyl groups is 2. The van der Waals surface area contributed by atoms with Crippen LogP contribution in [-0.2, 0) is 26.7 Å². The molecule has 0 rings (SSSR count). The summed E-state index contributed by atoms with van der Waals surface area (Å²) in [5.41, 5.74) is 0. The van der Waals surface area contributed by atoms with E-state index < -0.39 is 24.1 Å². The number of hydrogen-bond donors (Lipinski definition) is 2. The van der Waals surface area contributed by atoms with Crippen LogP contribution >= 0.6 is 0 Å². The fraction of sp³-hybridized carbons (Fsp3) is 0.667. The molecular weight excluding hydrogens is 232 g/mol. The van der Waals surface area contributed by atoms with Crippen LogP contribution in [0.1, 0.15) is 13.8 Å². The first-order valence-corrected chi connectivity index (χ1v) is 3.06. The molecule has 0 aliphatic heterocycles. The van der Waals surface area contributed by atoms with Crippen LogP contribution in [-0.4, -0.2) is 34.4 Å². The first kappa shape index (κ1) is 18.2. The Morgan fingerprint density at radius 1 is 1.00 bits per heavy atom. The van der Waals surface area contributed by atoms with E-state index in [9.17, 15) is 19.8 Å². The van der Waals surface area contributed by atoms with Crippen LogP contribution in [0.4, 0.5) is 0 Å². The second-order valence-corrected chi connectivity index (χ2v) is 1.99. The van der Waals surface area contributed by atoms with Gasteiger partial charge in [-0.2, -0.15) is 0 Å². The van der Waals surface area contributed by atoms with Gasteiger partial charge in [-0.1, -0.05) is 0 Å². The molecule has 0 aromatic rings. The molecule has 0 unspecified atom stereocenters. The Kier molecular flexibility index (Phi) is 13.3. The van der Waals surface area contributed by atoms with E-state index in [2.05, 4.69) is 0 Å². The van der Waals surface area contributed by atoms with Crippen LogP contribution < -0.4 is 10.2 Å². The second-order valence-electron chi connectivity index (χ2n) is 1.99. The molecule has 13 heavy (non-hydrogen) atoms. The molecule has 0 aliphatic carbocycles. The topological polar surface area (TPSA) is 121 Å². The molecule has 7 heteroatoms. The number of rotatable bonds is 2. The van der Waals surface area contributed by atoms with Crippen LogP contribution in [0.5, 0.6) is 0 Å². The Morgan fingerprint density at radius 2 is 1.08 bits per heavy atom. The minimum atomic E-state index is -1.44. The van der Waals surface area contributed by atoms with Gasteiger partial charge in [0.1, 0.15) is 0 Å².